The van der Waals surface area contributed by atoms with Crippen LogP contribution >= 0.6 is 0 Å². The molecule has 0 fully saturated rings. The van der Waals surface area contributed by atoms with Crippen LogP contribution in [0.5, 0.6) is 17.2 Å². The van der Waals surface area contributed by atoms with Gasteiger partial charge >= 0.3 is 5.97 Å². The summed E-state index contributed by atoms with van der Waals surface area (Å²) in [6.45, 7) is -0.412. The van der Waals surface area contributed by atoms with Crippen molar-refractivity contribution in [1.29, 1.82) is 0 Å². The second-order valence-corrected chi connectivity index (χ2v) is 6.55. The zero-order valence-electron chi connectivity index (χ0n) is 16.1. The Morgan fingerprint density at radius 1 is 0.833 bits per heavy atom. The molecule has 148 valence electrons. The topological polar surface area (TPSA) is 68.1 Å². The van der Waals surface area contributed by atoms with Crippen LogP contribution in [0.2, 0.25) is 0 Å². The van der Waals surface area contributed by atoms with E-state index in [1.165, 1.54) is 0 Å². The Kier molecular flexibility index (Phi) is 5.71. The highest BCUT2D eigenvalue weighted by Gasteiger charge is 2.09. The summed E-state index contributed by atoms with van der Waals surface area (Å²) in [5, 5.41) is 10.9. The van der Waals surface area contributed by atoms with E-state index in [0.717, 1.165) is 33.5 Å². The van der Waals surface area contributed by atoms with Crippen LogP contribution < -0.4 is 9.47 Å². The van der Waals surface area contributed by atoms with Gasteiger partial charge in [-0.1, -0.05) is 48.5 Å². The van der Waals surface area contributed by atoms with Gasteiger partial charge in [-0.05, 0) is 53.2 Å². The molecule has 5 heteroatoms. The largest absolute Gasteiger partial charge is 0.481 e. The molecule has 0 aliphatic carbocycles. The highest BCUT2D eigenvalue weighted by Crippen LogP contribution is 2.28. The smallest absolute Gasteiger partial charge is 0.341 e. The lowest BCUT2D eigenvalue weighted by Gasteiger charge is -2.10. The van der Waals surface area contributed by atoms with Crippen molar-refractivity contribution in [2.75, 3.05) is 6.61 Å². The molecular formula is C25H19NO4. The fraction of sp³-hybridized carbons (Fsp3) is 0.0400. The van der Waals surface area contributed by atoms with Crippen molar-refractivity contribution in [3.05, 3.63) is 96.6 Å². The molecule has 4 aromatic rings. The van der Waals surface area contributed by atoms with Crippen molar-refractivity contribution in [3.8, 4) is 17.2 Å². The molecule has 0 aliphatic rings. The minimum absolute atomic E-state index is 0.412. The molecule has 0 saturated carbocycles. The summed E-state index contributed by atoms with van der Waals surface area (Å²) < 4.78 is 11.3. The first-order valence-corrected chi connectivity index (χ1v) is 9.42. The summed E-state index contributed by atoms with van der Waals surface area (Å²) in [4.78, 5) is 15.5. The van der Waals surface area contributed by atoms with Crippen molar-refractivity contribution in [1.82, 2.24) is 0 Å². The Bertz CT molecular complexity index is 1180. The zero-order chi connectivity index (χ0) is 20.8. The number of carboxylic acids is 1. The second-order valence-electron chi connectivity index (χ2n) is 6.55. The number of fused-ring (bicyclic) bond motifs is 1. The van der Waals surface area contributed by atoms with E-state index < -0.39 is 12.6 Å². The van der Waals surface area contributed by atoms with Crippen LogP contribution in [0.25, 0.3) is 10.8 Å². The number of hydrogen-bond acceptors (Lipinski definition) is 4. The predicted octanol–water partition coefficient (Wildman–Crippen LogP) is 5.85. The molecule has 0 atom stereocenters. The number of benzene rings is 4. The third-order valence-corrected chi connectivity index (χ3v) is 4.44. The van der Waals surface area contributed by atoms with E-state index in [9.17, 15) is 4.79 Å². The molecule has 1 N–H and O–H groups in total. The molecule has 0 radical (unpaired) electrons. The van der Waals surface area contributed by atoms with Crippen LogP contribution in [-0.2, 0) is 4.79 Å². The highest BCUT2D eigenvalue weighted by atomic mass is 16.5. The van der Waals surface area contributed by atoms with E-state index in [0.29, 0.717) is 5.75 Å². The van der Waals surface area contributed by atoms with Gasteiger partial charge in [-0.3, -0.25) is 4.99 Å². The summed E-state index contributed by atoms with van der Waals surface area (Å²) in [5.41, 5.74) is 1.48. The quantitative estimate of drug-likeness (QED) is 0.398. The van der Waals surface area contributed by atoms with Gasteiger partial charge in [0.15, 0.2) is 6.61 Å². The number of rotatable bonds is 7. The lowest BCUT2D eigenvalue weighted by Crippen LogP contribution is -2.10. The maximum Gasteiger partial charge on any atom is 0.341 e. The first kappa shape index (κ1) is 19.2. The molecule has 30 heavy (non-hydrogen) atoms. The number of nitrogens with zero attached hydrogens (tertiary/aromatic N) is 1. The third-order valence-electron chi connectivity index (χ3n) is 4.44. The van der Waals surface area contributed by atoms with Crippen molar-refractivity contribution in [3.63, 3.8) is 0 Å². The summed E-state index contributed by atoms with van der Waals surface area (Å²) in [5.74, 6) is 0.935. The fourth-order valence-electron chi connectivity index (χ4n) is 3.04. The minimum atomic E-state index is -1.03. The predicted molar refractivity (Wildman–Crippen MR) is 117 cm³/mol. The number of aliphatic imine (C=N–C) groups is 1. The van der Waals surface area contributed by atoms with E-state index in [1.54, 1.807) is 12.3 Å². The van der Waals surface area contributed by atoms with Gasteiger partial charge in [0.1, 0.15) is 17.2 Å². The molecule has 0 saturated heterocycles. The molecule has 0 aromatic heterocycles. The number of aliphatic carboxylic acids is 1. The van der Waals surface area contributed by atoms with E-state index in [1.807, 2.05) is 84.9 Å². The number of carbonyl (C=O) groups is 1. The molecule has 0 heterocycles. The monoisotopic (exact) mass is 397 g/mol. The van der Waals surface area contributed by atoms with Gasteiger partial charge in [0.05, 0.1) is 5.69 Å². The molecule has 0 bridgehead atoms. The summed E-state index contributed by atoms with van der Waals surface area (Å²) in [6, 6.07) is 28.5. The van der Waals surface area contributed by atoms with E-state index >= 15 is 0 Å². The molecule has 5 nitrogen and oxygen atoms in total. The summed E-state index contributed by atoms with van der Waals surface area (Å²) in [7, 11) is 0. The summed E-state index contributed by atoms with van der Waals surface area (Å²) >= 11 is 0. The fourth-order valence-corrected chi connectivity index (χ4v) is 3.04. The average Bonchev–Trinajstić information content (AvgIpc) is 2.78. The van der Waals surface area contributed by atoms with Gasteiger partial charge in [-0.25, -0.2) is 4.79 Å². The highest BCUT2D eigenvalue weighted by molar-refractivity contribution is 6.03. The zero-order valence-corrected chi connectivity index (χ0v) is 16.1. The molecule has 4 aromatic carbocycles. The molecule has 0 unspecified atom stereocenters. The minimum Gasteiger partial charge on any atom is -0.481 e. The standard InChI is InChI=1S/C25H19NO4/c27-25(28)17-29-24-15-10-18-6-4-5-9-22(18)23(24)16-26-19-11-13-21(14-12-19)30-20-7-2-1-3-8-20/h1-16H,17H2,(H,27,28). The van der Waals surface area contributed by atoms with E-state index in [-0.39, 0.29) is 0 Å². The Labute approximate surface area is 173 Å². The molecule has 0 amide bonds. The number of para-hydroxylation sites is 1. The SMILES string of the molecule is O=C(O)COc1ccc2ccccc2c1C=Nc1ccc(Oc2ccccc2)cc1. The van der Waals surface area contributed by atoms with Gasteiger partial charge in [0, 0.05) is 11.8 Å². The van der Waals surface area contributed by atoms with E-state index in [4.69, 9.17) is 14.6 Å². The third kappa shape index (κ3) is 4.64. The van der Waals surface area contributed by atoms with Crippen LogP contribution in [0.1, 0.15) is 5.56 Å². The van der Waals surface area contributed by atoms with Crippen LogP contribution in [0.15, 0.2) is 96.0 Å². The number of carboxylic acid groups (broad SMARTS) is 1. The lowest BCUT2D eigenvalue weighted by molar-refractivity contribution is -0.139. The van der Waals surface area contributed by atoms with Crippen molar-refractivity contribution in [2.24, 2.45) is 4.99 Å². The van der Waals surface area contributed by atoms with Gasteiger partial charge in [0.25, 0.3) is 0 Å². The average molecular weight is 397 g/mol. The Morgan fingerprint density at radius 2 is 1.53 bits per heavy atom. The summed E-state index contributed by atoms with van der Waals surface area (Å²) in [6.07, 6.45) is 1.70. The Morgan fingerprint density at radius 3 is 2.30 bits per heavy atom. The van der Waals surface area contributed by atoms with Gasteiger partial charge in [-0.15, -0.1) is 0 Å². The second kappa shape index (κ2) is 8.92. The van der Waals surface area contributed by atoms with Crippen molar-refractivity contribution < 1.29 is 19.4 Å². The Balaban J connectivity index is 1.59. The number of hydrogen-bond donors (Lipinski definition) is 1. The first-order valence-electron chi connectivity index (χ1n) is 9.42. The molecule has 0 spiro atoms. The van der Waals surface area contributed by atoms with Crippen molar-refractivity contribution >= 4 is 28.6 Å². The maximum atomic E-state index is 10.9. The molecular weight excluding hydrogens is 378 g/mol. The van der Waals surface area contributed by atoms with E-state index in [2.05, 4.69) is 4.99 Å². The first-order chi connectivity index (χ1) is 14.7. The van der Waals surface area contributed by atoms with Crippen molar-refractivity contribution in [2.45, 2.75) is 0 Å². The lowest BCUT2D eigenvalue weighted by atomic mass is 10.0. The van der Waals surface area contributed by atoms with Gasteiger partial charge < -0.3 is 14.6 Å². The van der Waals surface area contributed by atoms with Gasteiger partial charge in [0.2, 0.25) is 0 Å². The van der Waals surface area contributed by atoms with Crippen LogP contribution in [0.3, 0.4) is 0 Å². The maximum absolute atomic E-state index is 10.9. The van der Waals surface area contributed by atoms with Crippen LogP contribution in [0.4, 0.5) is 5.69 Å². The van der Waals surface area contributed by atoms with Gasteiger partial charge in [-0.2, -0.15) is 0 Å². The number of ether oxygens (including phenoxy) is 2. The normalized spacial score (nSPS) is 10.9. The molecule has 4 rings (SSSR count). The van der Waals surface area contributed by atoms with Crippen LogP contribution in [0, 0.1) is 0 Å². The van der Waals surface area contributed by atoms with Crippen LogP contribution in [-0.4, -0.2) is 23.9 Å². The Hall–Kier alpha value is -4.12. The molecule has 0 aliphatic heterocycles.